The first-order valence-corrected chi connectivity index (χ1v) is 9.50. The number of aromatic nitrogens is 2. The van der Waals surface area contributed by atoms with Crippen LogP contribution in [0.5, 0.6) is 11.5 Å². The Hall–Kier alpha value is -3.68. The first kappa shape index (κ1) is 16.3. The summed E-state index contributed by atoms with van der Waals surface area (Å²) in [6, 6.07) is 10.4. The molecule has 8 nitrogen and oxygen atoms in total. The molecule has 1 saturated carbocycles. The molecule has 0 bridgehead atoms. The third-order valence-electron chi connectivity index (χ3n) is 5.55. The predicted octanol–water partition coefficient (Wildman–Crippen LogP) is 3.60. The maximum Gasteiger partial charge on any atom is 0.269 e. The highest BCUT2D eigenvalue weighted by Crippen LogP contribution is 2.42. The van der Waals surface area contributed by atoms with Gasteiger partial charge in [0.15, 0.2) is 11.5 Å². The van der Waals surface area contributed by atoms with Crippen molar-refractivity contribution in [3.8, 4) is 11.5 Å². The Labute approximate surface area is 165 Å². The molecule has 2 aliphatic heterocycles. The molecule has 3 heterocycles. The van der Waals surface area contributed by atoms with E-state index in [1.807, 2.05) is 23.0 Å². The Morgan fingerprint density at radius 1 is 1.10 bits per heavy atom. The Morgan fingerprint density at radius 2 is 1.86 bits per heavy atom. The molecule has 0 spiro atoms. The van der Waals surface area contributed by atoms with Crippen LogP contribution in [0.2, 0.25) is 0 Å². The van der Waals surface area contributed by atoms with Crippen molar-refractivity contribution in [3.63, 3.8) is 0 Å². The molecule has 0 amide bonds. The first-order valence-electron chi connectivity index (χ1n) is 9.50. The van der Waals surface area contributed by atoms with Crippen LogP contribution >= 0.6 is 0 Å². The van der Waals surface area contributed by atoms with E-state index < -0.39 is 4.92 Å². The van der Waals surface area contributed by atoms with Crippen LogP contribution in [0.4, 0.5) is 5.69 Å². The van der Waals surface area contributed by atoms with Gasteiger partial charge in [-0.3, -0.25) is 10.1 Å². The molecule has 0 saturated heterocycles. The summed E-state index contributed by atoms with van der Waals surface area (Å²) in [5.41, 5.74) is 4.62. The molecule has 0 radical (unpaired) electrons. The largest absolute Gasteiger partial charge is 0.454 e. The lowest BCUT2D eigenvalue weighted by molar-refractivity contribution is -0.384. The van der Waals surface area contributed by atoms with Crippen LogP contribution in [0.1, 0.15) is 47.0 Å². The van der Waals surface area contributed by atoms with Crippen LogP contribution in [0, 0.1) is 10.1 Å². The van der Waals surface area contributed by atoms with Gasteiger partial charge in [0.05, 0.1) is 22.5 Å². The van der Waals surface area contributed by atoms with Gasteiger partial charge >= 0.3 is 0 Å². The highest BCUT2D eigenvalue weighted by molar-refractivity contribution is 6.14. The molecule has 2 aromatic carbocycles. The lowest BCUT2D eigenvalue weighted by Crippen LogP contribution is -2.08. The minimum absolute atomic E-state index is 0.0517. The molecule has 0 unspecified atom stereocenters. The molecule has 0 atom stereocenters. The number of imidazole rings is 1. The van der Waals surface area contributed by atoms with E-state index in [1.165, 1.54) is 12.1 Å². The third-order valence-corrected chi connectivity index (χ3v) is 5.55. The van der Waals surface area contributed by atoms with Crippen molar-refractivity contribution >= 4 is 11.4 Å². The summed E-state index contributed by atoms with van der Waals surface area (Å²) in [6.07, 6.45) is 4.82. The summed E-state index contributed by atoms with van der Waals surface area (Å²) in [5, 5.41) is 16.0. The summed E-state index contributed by atoms with van der Waals surface area (Å²) >= 11 is 0. The van der Waals surface area contributed by atoms with Gasteiger partial charge in [0, 0.05) is 35.6 Å². The number of hydrogen-bond donors (Lipinski definition) is 0. The number of nitro groups is 1. The maximum atomic E-state index is 11.1. The predicted molar refractivity (Wildman–Crippen MR) is 104 cm³/mol. The van der Waals surface area contributed by atoms with Crippen LogP contribution in [0.25, 0.3) is 0 Å². The van der Waals surface area contributed by atoms with Crippen molar-refractivity contribution in [1.29, 1.82) is 0 Å². The fourth-order valence-corrected chi connectivity index (χ4v) is 3.91. The third kappa shape index (κ3) is 2.60. The second kappa shape index (κ2) is 5.91. The van der Waals surface area contributed by atoms with Crippen LogP contribution < -0.4 is 9.47 Å². The van der Waals surface area contributed by atoms with Crippen LogP contribution in [-0.4, -0.2) is 27.1 Å². The van der Waals surface area contributed by atoms with E-state index in [4.69, 9.17) is 14.6 Å². The van der Waals surface area contributed by atoms with Crippen molar-refractivity contribution < 1.29 is 14.4 Å². The normalized spacial score (nSPS) is 16.6. The number of nitrogens with zero attached hydrogens (tertiary/aromatic N) is 4. The van der Waals surface area contributed by atoms with Gasteiger partial charge in [0.25, 0.3) is 5.69 Å². The smallest absolute Gasteiger partial charge is 0.269 e. The fourth-order valence-electron chi connectivity index (χ4n) is 3.91. The summed E-state index contributed by atoms with van der Waals surface area (Å²) in [7, 11) is 0. The minimum Gasteiger partial charge on any atom is -0.454 e. The number of benzene rings is 2. The fraction of sp³-hybridized carbons (Fsp3) is 0.238. The average Bonchev–Trinajstić information content (AvgIpc) is 3.38. The molecule has 3 aromatic rings. The van der Waals surface area contributed by atoms with E-state index in [0.29, 0.717) is 18.1 Å². The van der Waals surface area contributed by atoms with Gasteiger partial charge in [-0.15, -0.1) is 0 Å². The summed E-state index contributed by atoms with van der Waals surface area (Å²) in [4.78, 5) is 15.3. The Bertz CT molecular complexity index is 1190. The lowest BCUT2D eigenvalue weighted by Gasteiger charge is -2.11. The SMILES string of the molecule is O=[N+]([O-])c1ccc(C2=Nn3c(cnc3C3CC3)Cc3cc4c(cc32)OCO4)cc1. The molecule has 8 heteroatoms. The highest BCUT2D eigenvalue weighted by atomic mass is 16.7. The number of fused-ring (bicyclic) bond motifs is 3. The van der Waals surface area contributed by atoms with E-state index in [2.05, 4.69) is 4.98 Å². The Morgan fingerprint density at radius 3 is 2.59 bits per heavy atom. The molecule has 144 valence electrons. The number of hydrogen-bond acceptors (Lipinski definition) is 6. The molecular weight excluding hydrogens is 372 g/mol. The minimum atomic E-state index is -0.399. The van der Waals surface area contributed by atoms with Gasteiger partial charge in [-0.25, -0.2) is 9.66 Å². The van der Waals surface area contributed by atoms with Crippen molar-refractivity contribution in [2.45, 2.75) is 25.2 Å². The summed E-state index contributed by atoms with van der Waals surface area (Å²) < 4.78 is 13.1. The van der Waals surface area contributed by atoms with Gasteiger partial charge in [-0.05, 0) is 42.7 Å². The van der Waals surface area contributed by atoms with E-state index >= 15 is 0 Å². The van der Waals surface area contributed by atoms with E-state index in [9.17, 15) is 10.1 Å². The molecule has 0 N–H and O–H groups in total. The van der Waals surface area contributed by atoms with E-state index in [-0.39, 0.29) is 12.5 Å². The first-order chi connectivity index (χ1) is 14.2. The van der Waals surface area contributed by atoms with Gasteiger partial charge in [-0.2, -0.15) is 5.10 Å². The van der Waals surface area contributed by atoms with Crippen LogP contribution in [-0.2, 0) is 6.42 Å². The van der Waals surface area contributed by atoms with Gasteiger partial charge in [0.1, 0.15) is 5.82 Å². The molecular formula is C21H16N4O4. The molecule has 29 heavy (non-hydrogen) atoms. The number of non-ortho nitro benzene ring substituents is 1. The molecule has 1 aliphatic carbocycles. The summed E-state index contributed by atoms with van der Waals surface area (Å²) in [6.45, 7) is 0.200. The van der Waals surface area contributed by atoms with Crippen molar-refractivity contribution in [2.24, 2.45) is 5.10 Å². The Kier molecular flexibility index (Phi) is 3.32. The van der Waals surface area contributed by atoms with Crippen LogP contribution in [0.15, 0.2) is 47.7 Å². The van der Waals surface area contributed by atoms with Crippen molar-refractivity contribution in [2.75, 3.05) is 6.79 Å². The quantitative estimate of drug-likeness (QED) is 0.395. The zero-order valence-corrected chi connectivity index (χ0v) is 15.4. The van der Waals surface area contributed by atoms with Crippen molar-refractivity contribution in [1.82, 2.24) is 9.66 Å². The second-order valence-electron chi connectivity index (χ2n) is 7.49. The monoisotopic (exact) mass is 388 g/mol. The zero-order chi connectivity index (χ0) is 19.5. The molecule has 1 fully saturated rings. The number of nitro benzene ring substituents is 1. The lowest BCUT2D eigenvalue weighted by atomic mass is 9.94. The molecule has 1 aromatic heterocycles. The maximum absolute atomic E-state index is 11.1. The van der Waals surface area contributed by atoms with E-state index in [0.717, 1.165) is 52.5 Å². The van der Waals surface area contributed by atoms with Gasteiger partial charge < -0.3 is 9.47 Å². The van der Waals surface area contributed by atoms with Crippen molar-refractivity contribution in [3.05, 3.63) is 80.9 Å². The summed E-state index contributed by atoms with van der Waals surface area (Å²) in [5.74, 6) is 2.84. The zero-order valence-electron chi connectivity index (χ0n) is 15.4. The Balaban J connectivity index is 1.57. The number of rotatable bonds is 3. The molecule has 3 aliphatic rings. The van der Waals surface area contributed by atoms with Gasteiger partial charge in [0.2, 0.25) is 6.79 Å². The molecule has 6 rings (SSSR count). The second-order valence-corrected chi connectivity index (χ2v) is 7.49. The highest BCUT2D eigenvalue weighted by Gasteiger charge is 2.32. The van der Waals surface area contributed by atoms with E-state index in [1.54, 1.807) is 12.1 Å². The average molecular weight is 388 g/mol. The standard InChI is InChI=1S/C21H16N4O4/c26-25(27)15-5-3-12(4-6-15)20-17-9-19-18(28-11-29-19)8-14(17)7-16-10-22-21(13-1-2-13)24(16)23-20/h3-6,8-10,13H,1-2,7,11H2. The van der Waals surface area contributed by atoms with Crippen LogP contribution in [0.3, 0.4) is 0 Å². The number of ether oxygens (including phenoxy) is 2. The topological polar surface area (TPSA) is 91.8 Å². The van der Waals surface area contributed by atoms with Gasteiger partial charge in [-0.1, -0.05) is 0 Å².